The molecule has 1 unspecified atom stereocenters. The van der Waals surface area contributed by atoms with Crippen LogP contribution in [0.3, 0.4) is 0 Å². The minimum Gasteiger partial charge on any atom is -0.396 e. The van der Waals surface area contributed by atoms with Crippen molar-refractivity contribution in [3.8, 4) is 0 Å². The maximum Gasteiger partial charge on any atom is 0.267 e. The number of hydrogen-bond acceptors (Lipinski definition) is 4. The SMILES string of the molecule is CNC(=O)c1cc(S(=O)(=O)N2CCC(CCO)C2)cn1C. The van der Waals surface area contributed by atoms with Crippen LogP contribution < -0.4 is 5.32 Å². The van der Waals surface area contributed by atoms with E-state index in [0.29, 0.717) is 25.2 Å². The Morgan fingerprint density at radius 3 is 2.86 bits per heavy atom. The van der Waals surface area contributed by atoms with E-state index in [9.17, 15) is 13.2 Å². The van der Waals surface area contributed by atoms with E-state index in [1.807, 2.05) is 0 Å². The number of nitrogens with zero attached hydrogens (tertiary/aromatic N) is 2. The normalized spacial score (nSPS) is 19.9. The van der Waals surface area contributed by atoms with Gasteiger partial charge in [0.1, 0.15) is 10.6 Å². The molecule has 0 aliphatic carbocycles. The Bertz CT molecular complexity index is 623. The fourth-order valence-corrected chi connectivity index (χ4v) is 4.21. The van der Waals surface area contributed by atoms with Gasteiger partial charge in [-0.1, -0.05) is 0 Å². The van der Waals surface area contributed by atoms with Gasteiger partial charge in [0.15, 0.2) is 0 Å². The molecule has 118 valence electrons. The van der Waals surface area contributed by atoms with Gasteiger partial charge < -0.3 is 15.0 Å². The Morgan fingerprint density at radius 1 is 1.52 bits per heavy atom. The highest BCUT2D eigenvalue weighted by molar-refractivity contribution is 7.89. The molecule has 0 aromatic carbocycles. The fraction of sp³-hybridized carbons (Fsp3) is 0.615. The lowest BCUT2D eigenvalue weighted by atomic mass is 10.1. The Hall–Kier alpha value is -1.38. The Morgan fingerprint density at radius 2 is 2.24 bits per heavy atom. The molecule has 1 amide bonds. The summed E-state index contributed by atoms with van der Waals surface area (Å²) in [6.45, 7) is 0.953. The van der Waals surface area contributed by atoms with Crippen LogP contribution in [0.25, 0.3) is 0 Å². The van der Waals surface area contributed by atoms with E-state index < -0.39 is 10.0 Å². The van der Waals surface area contributed by atoms with E-state index in [-0.39, 0.29) is 23.3 Å². The van der Waals surface area contributed by atoms with Gasteiger partial charge in [-0.2, -0.15) is 4.31 Å². The summed E-state index contributed by atoms with van der Waals surface area (Å²) in [6, 6.07) is 1.40. The molecule has 2 N–H and O–H groups in total. The fourth-order valence-electron chi connectivity index (χ4n) is 2.61. The van der Waals surface area contributed by atoms with Crippen molar-refractivity contribution in [1.82, 2.24) is 14.2 Å². The van der Waals surface area contributed by atoms with Crippen molar-refractivity contribution in [1.29, 1.82) is 0 Å². The summed E-state index contributed by atoms with van der Waals surface area (Å²) >= 11 is 0. The average molecular weight is 315 g/mol. The summed E-state index contributed by atoms with van der Waals surface area (Å²) in [7, 11) is -0.438. The molecule has 0 bridgehead atoms. The highest BCUT2D eigenvalue weighted by atomic mass is 32.2. The van der Waals surface area contributed by atoms with Gasteiger partial charge >= 0.3 is 0 Å². The van der Waals surface area contributed by atoms with Crippen LogP contribution in [-0.2, 0) is 17.1 Å². The molecule has 1 aliphatic heterocycles. The molecule has 1 fully saturated rings. The molecule has 2 rings (SSSR count). The van der Waals surface area contributed by atoms with Crippen LogP contribution in [0.15, 0.2) is 17.2 Å². The zero-order valence-electron chi connectivity index (χ0n) is 12.2. The summed E-state index contributed by atoms with van der Waals surface area (Å²) in [5.74, 6) is -0.120. The molecule has 8 heteroatoms. The van der Waals surface area contributed by atoms with Crippen LogP contribution in [0.4, 0.5) is 0 Å². The number of aryl methyl sites for hydroxylation is 1. The number of aliphatic hydroxyl groups excluding tert-OH is 1. The van der Waals surface area contributed by atoms with E-state index in [4.69, 9.17) is 5.11 Å². The first-order valence-electron chi connectivity index (χ1n) is 6.89. The monoisotopic (exact) mass is 315 g/mol. The Labute approximate surface area is 124 Å². The van der Waals surface area contributed by atoms with E-state index in [0.717, 1.165) is 6.42 Å². The Kier molecular flexibility index (Phi) is 4.70. The van der Waals surface area contributed by atoms with Crippen molar-refractivity contribution < 1.29 is 18.3 Å². The highest BCUT2D eigenvalue weighted by Crippen LogP contribution is 2.26. The zero-order valence-corrected chi connectivity index (χ0v) is 13.1. The predicted octanol–water partition coefficient (Wildman–Crippen LogP) is -0.222. The van der Waals surface area contributed by atoms with Crippen LogP contribution in [0, 0.1) is 5.92 Å². The smallest absolute Gasteiger partial charge is 0.267 e. The molecule has 0 spiro atoms. The molecule has 1 aromatic rings. The first kappa shape index (κ1) is 16.0. The van der Waals surface area contributed by atoms with Crippen molar-refractivity contribution in [3.63, 3.8) is 0 Å². The molecule has 1 atom stereocenters. The molecule has 0 saturated carbocycles. The van der Waals surface area contributed by atoms with E-state index in [2.05, 4.69) is 5.32 Å². The molecule has 21 heavy (non-hydrogen) atoms. The van der Waals surface area contributed by atoms with Gasteiger partial charge in [-0.3, -0.25) is 4.79 Å². The largest absolute Gasteiger partial charge is 0.396 e. The molecular weight excluding hydrogens is 294 g/mol. The number of nitrogens with one attached hydrogen (secondary N) is 1. The van der Waals surface area contributed by atoms with Crippen molar-refractivity contribution in [2.45, 2.75) is 17.7 Å². The minimum atomic E-state index is -3.58. The van der Waals surface area contributed by atoms with Crippen molar-refractivity contribution in [3.05, 3.63) is 18.0 Å². The third-order valence-electron chi connectivity index (χ3n) is 3.86. The molecule has 1 aromatic heterocycles. The Balaban J connectivity index is 2.23. The lowest BCUT2D eigenvalue weighted by Crippen LogP contribution is -2.28. The summed E-state index contributed by atoms with van der Waals surface area (Å²) < 4.78 is 28.1. The first-order valence-corrected chi connectivity index (χ1v) is 8.33. The maximum atomic E-state index is 12.6. The second kappa shape index (κ2) is 6.17. The van der Waals surface area contributed by atoms with Crippen LogP contribution in [-0.4, -0.2) is 55.0 Å². The maximum absolute atomic E-state index is 12.6. The second-order valence-corrected chi connectivity index (χ2v) is 7.22. The number of carbonyl (C=O) groups excluding carboxylic acids is 1. The molecule has 7 nitrogen and oxygen atoms in total. The summed E-state index contributed by atoms with van der Waals surface area (Å²) in [4.78, 5) is 11.8. The molecule has 0 radical (unpaired) electrons. The number of sulfonamides is 1. The van der Waals surface area contributed by atoms with E-state index in [1.54, 1.807) is 7.05 Å². The van der Waals surface area contributed by atoms with Gasteiger partial charge in [0, 0.05) is 40.0 Å². The molecular formula is C13H21N3O4S. The van der Waals surface area contributed by atoms with Crippen LogP contribution in [0.5, 0.6) is 0 Å². The van der Waals surface area contributed by atoms with Gasteiger partial charge in [-0.15, -0.1) is 0 Å². The topological polar surface area (TPSA) is 91.6 Å². The number of aliphatic hydroxyl groups is 1. The quantitative estimate of drug-likeness (QED) is 0.786. The van der Waals surface area contributed by atoms with Gasteiger partial charge in [0.05, 0.1) is 0 Å². The molecule has 2 heterocycles. The van der Waals surface area contributed by atoms with Crippen LogP contribution >= 0.6 is 0 Å². The third kappa shape index (κ3) is 3.12. The number of amides is 1. The lowest BCUT2D eigenvalue weighted by Gasteiger charge is -2.15. The van der Waals surface area contributed by atoms with Crippen molar-refractivity contribution in [2.75, 3.05) is 26.7 Å². The van der Waals surface area contributed by atoms with Crippen LogP contribution in [0.1, 0.15) is 23.3 Å². The zero-order chi connectivity index (χ0) is 15.6. The number of carbonyl (C=O) groups is 1. The number of aromatic nitrogens is 1. The van der Waals surface area contributed by atoms with E-state index in [1.165, 1.54) is 28.2 Å². The predicted molar refractivity (Wildman–Crippen MR) is 77.4 cm³/mol. The van der Waals surface area contributed by atoms with Gasteiger partial charge in [-0.05, 0) is 24.8 Å². The van der Waals surface area contributed by atoms with E-state index >= 15 is 0 Å². The summed E-state index contributed by atoms with van der Waals surface area (Å²) in [6.07, 6.45) is 2.83. The summed E-state index contributed by atoms with van der Waals surface area (Å²) in [5.41, 5.74) is 0.308. The van der Waals surface area contributed by atoms with Gasteiger partial charge in [-0.25, -0.2) is 8.42 Å². The van der Waals surface area contributed by atoms with Gasteiger partial charge in [0.2, 0.25) is 10.0 Å². The molecule has 1 saturated heterocycles. The van der Waals surface area contributed by atoms with Crippen molar-refractivity contribution in [2.24, 2.45) is 13.0 Å². The first-order chi connectivity index (χ1) is 9.90. The lowest BCUT2D eigenvalue weighted by molar-refractivity contribution is 0.0955. The van der Waals surface area contributed by atoms with Gasteiger partial charge in [0.25, 0.3) is 5.91 Å². The number of hydrogen-bond donors (Lipinski definition) is 2. The van der Waals surface area contributed by atoms with Crippen LogP contribution in [0.2, 0.25) is 0 Å². The number of rotatable bonds is 5. The molecule has 1 aliphatic rings. The second-order valence-electron chi connectivity index (χ2n) is 5.28. The minimum absolute atomic E-state index is 0.0741. The average Bonchev–Trinajstić information content (AvgIpc) is 3.06. The standard InChI is InChI=1S/C13H21N3O4S/c1-14-13(18)12-7-11(9-15(12)2)21(19,20)16-5-3-10(8-16)4-6-17/h7,9-10,17H,3-6,8H2,1-2H3,(H,14,18). The summed E-state index contributed by atoms with van der Waals surface area (Å²) in [5, 5.41) is 11.4. The third-order valence-corrected chi connectivity index (χ3v) is 5.69. The highest BCUT2D eigenvalue weighted by Gasteiger charge is 2.33. The van der Waals surface area contributed by atoms with Crippen molar-refractivity contribution >= 4 is 15.9 Å².